The van der Waals surface area contributed by atoms with Crippen molar-refractivity contribution in [2.75, 3.05) is 0 Å². The molecule has 0 atom stereocenters. The minimum absolute atomic E-state index is 0.159. The molecule has 1 aromatic heterocycles. The lowest BCUT2D eigenvalue weighted by Crippen LogP contribution is -2.02. The number of H-pyrrole nitrogens is 1. The minimum Gasteiger partial charge on any atom is -0.388 e. The Hall–Kier alpha value is -0.980. The van der Waals surface area contributed by atoms with Crippen molar-refractivity contribution < 1.29 is 5.11 Å². The second-order valence-electron chi connectivity index (χ2n) is 3.39. The zero-order valence-electron chi connectivity index (χ0n) is 8.57. The third kappa shape index (κ3) is 1.95. The number of aromatic amines is 1. The number of hydrogen-bond donors (Lipinski definition) is 2. The van der Waals surface area contributed by atoms with Crippen molar-refractivity contribution in [1.29, 1.82) is 0 Å². The molecule has 16 heavy (non-hydrogen) atoms. The molecule has 0 aliphatic heterocycles. The molecule has 84 valence electrons. The highest BCUT2D eigenvalue weighted by Gasteiger charge is 2.10. The average molecular weight is 300 g/mol. The second kappa shape index (κ2) is 4.48. The molecule has 0 amide bonds. The zero-order valence-corrected chi connectivity index (χ0v) is 11.0. The summed E-state index contributed by atoms with van der Waals surface area (Å²) < 4.78 is 3.09. The van der Waals surface area contributed by atoms with Crippen molar-refractivity contribution >= 4 is 28.1 Å². The largest absolute Gasteiger partial charge is 0.388 e. The van der Waals surface area contributed by atoms with Crippen molar-refractivity contribution in [2.24, 2.45) is 0 Å². The second-order valence-corrected chi connectivity index (χ2v) is 4.63. The Morgan fingerprint density at radius 1 is 1.56 bits per heavy atom. The Morgan fingerprint density at radius 2 is 2.31 bits per heavy atom. The highest BCUT2D eigenvalue weighted by Crippen LogP contribution is 2.23. The van der Waals surface area contributed by atoms with E-state index in [0.717, 1.165) is 15.7 Å². The first-order chi connectivity index (χ1) is 7.63. The van der Waals surface area contributed by atoms with E-state index < -0.39 is 0 Å². The van der Waals surface area contributed by atoms with Crippen molar-refractivity contribution in [3.63, 3.8) is 0 Å². The summed E-state index contributed by atoms with van der Waals surface area (Å²) >= 11 is 8.60. The number of rotatable bonds is 2. The van der Waals surface area contributed by atoms with Crippen molar-refractivity contribution in [1.82, 2.24) is 14.8 Å². The number of halogens is 1. The molecule has 2 aromatic rings. The maximum Gasteiger partial charge on any atom is 0.199 e. The van der Waals surface area contributed by atoms with E-state index in [2.05, 4.69) is 26.1 Å². The molecule has 1 heterocycles. The van der Waals surface area contributed by atoms with Crippen LogP contribution in [0, 0.1) is 11.7 Å². The third-order valence-corrected chi connectivity index (χ3v) is 3.17. The van der Waals surface area contributed by atoms with Gasteiger partial charge >= 0.3 is 0 Å². The topological polar surface area (TPSA) is 53.8 Å². The summed E-state index contributed by atoms with van der Waals surface area (Å²) in [7, 11) is 0. The average Bonchev–Trinajstić information content (AvgIpc) is 2.63. The molecule has 2 rings (SSSR count). The number of aromatic nitrogens is 3. The molecule has 0 bridgehead atoms. The van der Waals surface area contributed by atoms with Crippen LogP contribution < -0.4 is 0 Å². The number of hydrogen-bond acceptors (Lipinski definition) is 3. The molecule has 4 nitrogen and oxygen atoms in total. The summed E-state index contributed by atoms with van der Waals surface area (Å²) in [5, 5.41) is 15.8. The van der Waals surface area contributed by atoms with Crippen LogP contribution in [0.25, 0.3) is 5.69 Å². The van der Waals surface area contributed by atoms with Crippen LogP contribution in [-0.2, 0) is 6.61 Å². The van der Waals surface area contributed by atoms with Gasteiger partial charge in [0.2, 0.25) is 0 Å². The predicted molar refractivity (Wildman–Crippen MR) is 67.1 cm³/mol. The predicted octanol–water partition coefficient (Wildman–Crippen LogP) is 2.49. The van der Waals surface area contributed by atoms with E-state index in [1.165, 1.54) is 0 Å². The first kappa shape index (κ1) is 11.5. The maximum absolute atomic E-state index is 9.19. The smallest absolute Gasteiger partial charge is 0.199 e. The fraction of sp³-hybridized carbons (Fsp3) is 0.200. The molecule has 1 aromatic carbocycles. The molecular formula is C10H10BrN3OS. The lowest BCUT2D eigenvalue weighted by molar-refractivity contribution is 0.268. The maximum atomic E-state index is 9.19. The van der Waals surface area contributed by atoms with Gasteiger partial charge in [-0.1, -0.05) is 6.07 Å². The van der Waals surface area contributed by atoms with Gasteiger partial charge in [-0.15, -0.1) is 0 Å². The van der Waals surface area contributed by atoms with Gasteiger partial charge in [0.1, 0.15) is 6.61 Å². The fourth-order valence-corrected chi connectivity index (χ4v) is 2.15. The van der Waals surface area contributed by atoms with Crippen molar-refractivity contribution in [2.45, 2.75) is 13.5 Å². The molecule has 6 heteroatoms. The van der Waals surface area contributed by atoms with Crippen LogP contribution in [0.3, 0.4) is 0 Å². The molecule has 0 saturated heterocycles. The third-order valence-electron chi connectivity index (χ3n) is 2.23. The standard InChI is InChI=1S/C10H10BrN3OS/c1-6-2-3-7(11)8(4-6)14-9(5-15)12-13-10(14)16/h2-4,15H,5H2,1H3,(H,13,16). The summed E-state index contributed by atoms with van der Waals surface area (Å²) in [5.74, 6) is 0.497. The van der Waals surface area contributed by atoms with E-state index in [9.17, 15) is 5.11 Å². The van der Waals surface area contributed by atoms with Gasteiger partial charge in [-0.05, 0) is 52.8 Å². The van der Waals surface area contributed by atoms with E-state index in [-0.39, 0.29) is 6.61 Å². The van der Waals surface area contributed by atoms with Gasteiger partial charge in [-0.2, -0.15) is 5.10 Å². The zero-order chi connectivity index (χ0) is 11.7. The van der Waals surface area contributed by atoms with Crippen LogP contribution in [0.1, 0.15) is 11.4 Å². The number of benzene rings is 1. The first-order valence-electron chi connectivity index (χ1n) is 4.67. The summed E-state index contributed by atoms with van der Waals surface area (Å²) in [5.41, 5.74) is 1.99. The van der Waals surface area contributed by atoms with Crippen LogP contribution in [0.5, 0.6) is 0 Å². The van der Waals surface area contributed by atoms with Gasteiger partial charge in [-0.25, -0.2) is 0 Å². The van der Waals surface area contributed by atoms with Gasteiger partial charge in [0.15, 0.2) is 10.6 Å². The van der Waals surface area contributed by atoms with Crippen molar-refractivity contribution in [3.05, 3.63) is 38.8 Å². The summed E-state index contributed by atoms with van der Waals surface area (Å²) in [6, 6.07) is 5.92. The van der Waals surface area contributed by atoms with Crippen LogP contribution in [-0.4, -0.2) is 19.9 Å². The highest BCUT2D eigenvalue weighted by atomic mass is 79.9. The van der Waals surface area contributed by atoms with Gasteiger partial charge in [-0.3, -0.25) is 9.67 Å². The SMILES string of the molecule is Cc1ccc(Br)c(-n2c(CO)n[nH]c2=S)c1. The molecule has 0 fully saturated rings. The number of aliphatic hydroxyl groups is 1. The number of aryl methyl sites for hydroxylation is 1. The molecule has 2 N–H and O–H groups in total. The van der Waals surface area contributed by atoms with E-state index in [1.807, 2.05) is 25.1 Å². The summed E-state index contributed by atoms with van der Waals surface area (Å²) in [4.78, 5) is 0. The number of nitrogens with one attached hydrogen (secondary N) is 1. The van der Waals surface area contributed by atoms with Gasteiger partial charge in [0.05, 0.1) is 5.69 Å². The Morgan fingerprint density at radius 3 is 3.00 bits per heavy atom. The van der Waals surface area contributed by atoms with Crippen LogP contribution in [0.4, 0.5) is 0 Å². The Bertz CT molecular complexity index is 576. The fourth-order valence-electron chi connectivity index (χ4n) is 1.48. The number of nitrogens with zero attached hydrogens (tertiary/aromatic N) is 2. The molecule has 0 radical (unpaired) electrons. The van der Waals surface area contributed by atoms with Crippen LogP contribution in [0.15, 0.2) is 22.7 Å². The Labute approximate surface area is 106 Å². The van der Waals surface area contributed by atoms with Gasteiger partial charge in [0, 0.05) is 4.47 Å². The monoisotopic (exact) mass is 299 g/mol. The molecule has 0 saturated carbocycles. The van der Waals surface area contributed by atoms with Crippen molar-refractivity contribution in [3.8, 4) is 5.69 Å². The van der Waals surface area contributed by atoms with E-state index >= 15 is 0 Å². The molecule has 0 spiro atoms. The molecule has 0 unspecified atom stereocenters. The van der Waals surface area contributed by atoms with Gasteiger partial charge < -0.3 is 5.11 Å². The number of aliphatic hydroxyl groups excluding tert-OH is 1. The molecule has 0 aliphatic carbocycles. The highest BCUT2D eigenvalue weighted by molar-refractivity contribution is 9.10. The first-order valence-corrected chi connectivity index (χ1v) is 5.87. The van der Waals surface area contributed by atoms with E-state index in [4.69, 9.17) is 12.2 Å². The summed E-state index contributed by atoms with van der Waals surface area (Å²) in [6.45, 7) is 1.84. The van der Waals surface area contributed by atoms with E-state index in [1.54, 1.807) is 4.57 Å². The Balaban J connectivity index is 2.71. The van der Waals surface area contributed by atoms with Crippen LogP contribution in [0.2, 0.25) is 0 Å². The lowest BCUT2D eigenvalue weighted by atomic mass is 10.2. The normalized spacial score (nSPS) is 10.7. The molecular weight excluding hydrogens is 290 g/mol. The lowest BCUT2D eigenvalue weighted by Gasteiger charge is -2.08. The summed E-state index contributed by atoms with van der Waals surface area (Å²) in [6.07, 6.45) is 0. The minimum atomic E-state index is -0.159. The van der Waals surface area contributed by atoms with E-state index in [0.29, 0.717) is 10.6 Å². The molecule has 0 aliphatic rings. The van der Waals surface area contributed by atoms with Crippen LogP contribution >= 0.6 is 28.1 Å². The quantitative estimate of drug-likeness (QED) is 0.838. The van der Waals surface area contributed by atoms with Gasteiger partial charge in [0.25, 0.3) is 0 Å². The Kier molecular flexibility index (Phi) is 3.22.